The van der Waals surface area contributed by atoms with Crippen LogP contribution in [-0.2, 0) is 6.54 Å². The Balaban J connectivity index is 2.17. The molecular formula is C15H21N3O. The second-order valence-corrected chi connectivity index (χ2v) is 4.39. The lowest BCUT2D eigenvalue weighted by atomic mass is 10.2. The zero-order valence-electron chi connectivity index (χ0n) is 11.8. The Morgan fingerprint density at radius 1 is 1.21 bits per heavy atom. The zero-order valence-corrected chi connectivity index (χ0v) is 11.8. The maximum atomic E-state index is 5.44. The summed E-state index contributed by atoms with van der Waals surface area (Å²) in [6.07, 6.45) is 2.08. The standard InChI is InChI=1S/C15H21N3O/c1-4-16-10-13-11-18(17-12(13)3)14-6-8-15(9-7-14)19-5-2/h6-9,11,16H,4-5,10H2,1-3H3. The molecule has 19 heavy (non-hydrogen) atoms. The highest BCUT2D eigenvalue weighted by molar-refractivity contribution is 5.37. The third kappa shape index (κ3) is 3.35. The van der Waals surface area contributed by atoms with Crippen molar-refractivity contribution in [3.63, 3.8) is 0 Å². The van der Waals surface area contributed by atoms with Crippen LogP contribution in [-0.4, -0.2) is 22.9 Å². The normalized spacial score (nSPS) is 10.7. The van der Waals surface area contributed by atoms with Gasteiger partial charge in [0, 0.05) is 18.3 Å². The molecule has 4 heteroatoms. The molecule has 0 radical (unpaired) electrons. The van der Waals surface area contributed by atoms with E-state index in [2.05, 4.69) is 23.5 Å². The molecule has 0 unspecified atom stereocenters. The highest BCUT2D eigenvalue weighted by Gasteiger charge is 2.05. The van der Waals surface area contributed by atoms with E-state index in [-0.39, 0.29) is 0 Å². The minimum absolute atomic E-state index is 0.688. The van der Waals surface area contributed by atoms with Gasteiger partial charge in [0.05, 0.1) is 18.0 Å². The van der Waals surface area contributed by atoms with Crippen molar-refractivity contribution in [1.82, 2.24) is 15.1 Å². The summed E-state index contributed by atoms with van der Waals surface area (Å²) < 4.78 is 7.35. The lowest BCUT2D eigenvalue weighted by Gasteiger charge is -2.04. The first kappa shape index (κ1) is 13.6. The molecule has 2 rings (SSSR count). The van der Waals surface area contributed by atoms with E-state index >= 15 is 0 Å². The summed E-state index contributed by atoms with van der Waals surface area (Å²) in [5.74, 6) is 0.892. The third-order valence-electron chi connectivity index (χ3n) is 2.98. The molecule has 4 nitrogen and oxygen atoms in total. The molecular weight excluding hydrogens is 238 g/mol. The predicted molar refractivity (Wildman–Crippen MR) is 76.9 cm³/mol. The monoisotopic (exact) mass is 259 g/mol. The van der Waals surface area contributed by atoms with E-state index < -0.39 is 0 Å². The van der Waals surface area contributed by atoms with Crippen molar-refractivity contribution in [2.45, 2.75) is 27.3 Å². The fraction of sp³-hybridized carbons (Fsp3) is 0.400. The van der Waals surface area contributed by atoms with E-state index in [1.165, 1.54) is 5.56 Å². The van der Waals surface area contributed by atoms with Crippen molar-refractivity contribution in [2.24, 2.45) is 0 Å². The minimum atomic E-state index is 0.688. The number of aromatic nitrogens is 2. The number of nitrogens with zero attached hydrogens (tertiary/aromatic N) is 2. The summed E-state index contributed by atoms with van der Waals surface area (Å²) in [4.78, 5) is 0. The molecule has 1 aromatic heterocycles. The molecule has 0 aliphatic heterocycles. The smallest absolute Gasteiger partial charge is 0.119 e. The van der Waals surface area contributed by atoms with Gasteiger partial charge in [0.25, 0.3) is 0 Å². The summed E-state index contributed by atoms with van der Waals surface area (Å²) in [7, 11) is 0. The van der Waals surface area contributed by atoms with Crippen LogP contribution in [0.3, 0.4) is 0 Å². The van der Waals surface area contributed by atoms with Crippen molar-refractivity contribution in [3.05, 3.63) is 41.7 Å². The molecule has 0 aliphatic carbocycles. The van der Waals surface area contributed by atoms with Gasteiger partial charge < -0.3 is 10.1 Å². The number of hydrogen-bond donors (Lipinski definition) is 1. The van der Waals surface area contributed by atoms with Gasteiger partial charge in [-0.25, -0.2) is 4.68 Å². The van der Waals surface area contributed by atoms with E-state index in [0.717, 1.165) is 30.2 Å². The van der Waals surface area contributed by atoms with Crippen LogP contribution in [0, 0.1) is 6.92 Å². The van der Waals surface area contributed by atoms with Crippen molar-refractivity contribution in [1.29, 1.82) is 0 Å². The van der Waals surface area contributed by atoms with Gasteiger partial charge >= 0.3 is 0 Å². The average Bonchev–Trinajstić information content (AvgIpc) is 2.79. The van der Waals surface area contributed by atoms with Crippen molar-refractivity contribution >= 4 is 0 Å². The Labute approximate surface area is 114 Å². The van der Waals surface area contributed by atoms with Crippen LogP contribution in [0.2, 0.25) is 0 Å². The zero-order chi connectivity index (χ0) is 13.7. The summed E-state index contributed by atoms with van der Waals surface area (Å²) in [5, 5.41) is 7.87. The van der Waals surface area contributed by atoms with Gasteiger partial charge in [0.2, 0.25) is 0 Å². The molecule has 0 amide bonds. The van der Waals surface area contributed by atoms with Gasteiger partial charge in [-0.15, -0.1) is 0 Å². The summed E-state index contributed by atoms with van der Waals surface area (Å²) in [6, 6.07) is 7.99. The van der Waals surface area contributed by atoms with E-state index in [1.54, 1.807) is 0 Å². The van der Waals surface area contributed by atoms with Crippen molar-refractivity contribution < 1.29 is 4.74 Å². The molecule has 0 fully saturated rings. The van der Waals surface area contributed by atoms with Gasteiger partial charge in [-0.2, -0.15) is 5.10 Å². The molecule has 2 aromatic rings. The quantitative estimate of drug-likeness (QED) is 0.867. The lowest BCUT2D eigenvalue weighted by Crippen LogP contribution is -2.11. The number of benzene rings is 1. The van der Waals surface area contributed by atoms with Crippen LogP contribution in [0.5, 0.6) is 5.75 Å². The summed E-state index contributed by atoms with van der Waals surface area (Å²) in [5.41, 5.74) is 3.35. The Hall–Kier alpha value is -1.81. The molecule has 102 valence electrons. The fourth-order valence-electron chi connectivity index (χ4n) is 1.92. The van der Waals surface area contributed by atoms with Crippen molar-refractivity contribution in [3.8, 4) is 11.4 Å². The lowest BCUT2D eigenvalue weighted by molar-refractivity contribution is 0.340. The SMILES string of the molecule is CCNCc1cn(-c2ccc(OCC)cc2)nc1C. The van der Waals surface area contributed by atoms with Gasteiger partial charge in [0.15, 0.2) is 0 Å². The van der Waals surface area contributed by atoms with E-state index in [4.69, 9.17) is 4.74 Å². The van der Waals surface area contributed by atoms with Crippen LogP contribution >= 0.6 is 0 Å². The van der Waals surface area contributed by atoms with E-state index in [9.17, 15) is 0 Å². The Kier molecular flexibility index (Phi) is 4.58. The highest BCUT2D eigenvalue weighted by atomic mass is 16.5. The maximum absolute atomic E-state index is 5.44. The second-order valence-electron chi connectivity index (χ2n) is 4.39. The fourth-order valence-corrected chi connectivity index (χ4v) is 1.92. The Morgan fingerprint density at radius 2 is 1.95 bits per heavy atom. The number of ether oxygens (including phenoxy) is 1. The molecule has 0 aliphatic rings. The topological polar surface area (TPSA) is 39.1 Å². The van der Waals surface area contributed by atoms with Crippen LogP contribution in [0.4, 0.5) is 0 Å². The molecule has 1 aromatic carbocycles. The van der Waals surface area contributed by atoms with E-state index in [0.29, 0.717) is 6.61 Å². The molecule has 0 spiro atoms. The first-order valence-corrected chi connectivity index (χ1v) is 6.73. The predicted octanol–water partition coefficient (Wildman–Crippen LogP) is 2.69. The van der Waals surface area contributed by atoms with Crippen LogP contribution in [0.1, 0.15) is 25.1 Å². The first-order chi connectivity index (χ1) is 9.24. The number of nitrogens with one attached hydrogen (secondary N) is 1. The first-order valence-electron chi connectivity index (χ1n) is 6.73. The molecule has 0 saturated carbocycles. The third-order valence-corrected chi connectivity index (χ3v) is 2.98. The van der Waals surface area contributed by atoms with Gasteiger partial charge in [0.1, 0.15) is 5.75 Å². The largest absolute Gasteiger partial charge is 0.494 e. The molecule has 0 bridgehead atoms. The molecule has 1 heterocycles. The van der Waals surface area contributed by atoms with Gasteiger partial charge in [-0.1, -0.05) is 6.92 Å². The van der Waals surface area contributed by atoms with Gasteiger partial charge in [-0.3, -0.25) is 0 Å². The molecule has 0 atom stereocenters. The van der Waals surface area contributed by atoms with Crippen LogP contribution < -0.4 is 10.1 Å². The van der Waals surface area contributed by atoms with E-state index in [1.807, 2.05) is 42.8 Å². The average molecular weight is 259 g/mol. The molecule has 0 saturated heterocycles. The minimum Gasteiger partial charge on any atom is -0.494 e. The van der Waals surface area contributed by atoms with Gasteiger partial charge in [-0.05, 0) is 44.7 Å². The second kappa shape index (κ2) is 6.38. The summed E-state index contributed by atoms with van der Waals surface area (Å²) in [6.45, 7) is 8.64. The number of aryl methyl sites for hydroxylation is 1. The van der Waals surface area contributed by atoms with Crippen molar-refractivity contribution in [2.75, 3.05) is 13.2 Å². The number of rotatable bonds is 6. The van der Waals surface area contributed by atoms with Crippen LogP contribution in [0.25, 0.3) is 5.69 Å². The highest BCUT2D eigenvalue weighted by Crippen LogP contribution is 2.16. The Morgan fingerprint density at radius 3 is 2.58 bits per heavy atom. The van der Waals surface area contributed by atoms with Crippen LogP contribution in [0.15, 0.2) is 30.5 Å². The maximum Gasteiger partial charge on any atom is 0.119 e. The number of hydrogen-bond acceptors (Lipinski definition) is 3. The summed E-state index contributed by atoms with van der Waals surface area (Å²) >= 11 is 0. The molecule has 1 N–H and O–H groups in total. The Bertz CT molecular complexity index is 517.